The summed E-state index contributed by atoms with van der Waals surface area (Å²) in [4.78, 5) is 0. The Morgan fingerprint density at radius 3 is 2.46 bits per heavy atom. The maximum Gasteiger partial charge on any atom is 0.0546 e. The largest absolute Gasteiger partial charge is 0.382 e. The molecule has 0 aliphatic heterocycles. The van der Waals surface area contributed by atoms with E-state index in [0.717, 1.165) is 17.2 Å². The highest BCUT2D eigenvalue weighted by atomic mass is 79.9. The van der Waals surface area contributed by atoms with Crippen molar-refractivity contribution in [3.8, 4) is 0 Å². The lowest BCUT2D eigenvalue weighted by molar-refractivity contribution is 0.0887. The van der Waals surface area contributed by atoms with Gasteiger partial charge in [0.25, 0.3) is 0 Å². The molecule has 13 heavy (non-hydrogen) atoms. The minimum absolute atomic E-state index is 0.420. The summed E-state index contributed by atoms with van der Waals surface area (Å²) < 4.78 is 5.32. The van der Waals surface area contributed by atoms with Gasteiger partial charge in [-0.2, -0.15) is 0 Å². The average molecular weight is 249 g/mol. The zero-order valence-electron chi connectivity index (χ0n) is 8.76. The molecule has 2 atom stereocenters. The molecule has 1 nitrogen and oxygen atoms in total. The van der Waals surface area contributed by atoms with Crippen molar-refractivity contribution in [3.05, 3.63) is 0 Å². The van der Waals surface area contributed by atoms with E-state index in [0.29, 0.717) is 6.10 Å². The fraction of sp³-hybridized carbons (Fsp3) is 1.00. The van der Waals surface area contributed by atoms with Crippen LogP contribution >= 0.6 is 15.9 Å². The maximum absolute atomic E-state index is 5.32. The third-order valence-corrected chi connectivity index (χ3v) is 4.13. The molecular formula is C11H21BrO. The molecule has 0 aromatic carbocycles. The molecule has 78 valence electrons. The SMILES string of the molecule is COC(C)CC(CBr)C1CCCC1. The molecule has 2 unspecified atom stereocenters. The lowest BCUT2D eigenvalue weighted by Gasteiger charge is -2.23. The fourth-order valence-corrected chi connectivity index (χ4v) is 3.13. The van der Waals surface area contributed by atoms with Gasteiger partial charge in [-0.15, -0.1) is 0 Å². The number of alkyl halides is 1. The Balaban J connectivity index is 2.32. The second-order valence-corrected chi connectivity index (χ2v) is 4.89. The van der Waals surface area contributed by atoms with Crippen LogP contribution < -0.4 is 0 Å². The summed E-state index contributed by atoms with van der Waals surface area (Å²) >= 11 is 3.63. The smallest absolute Gasteiger partial charge is 0.0546 e. The summed E-state index contributed by atoms with van der Waals surface area (Å²) in [5, 5.41) is 1.14. The zero-order chi connectivity index (χ0) is 9.68. The van der Waals surface area contributed by atoms with Crippen molar-refractivity contribution in [2.75, 3.05) is 12.4 Å². The van der Waals surface area contributed by atoms with Crippen LogP contribution in [-0.2, 0) is 4.74 Å². The predicted molar refractivity (Wildman–Crippen MR) is 60.3 cm³/mol. The van der Waals surface area contributed by atoms with Crippen LogP contribution in [0.1, 0.15) is 39.0 Å². The lowest BCUT2D eigenvalue weighted by atomic mass is 9.88. The molecule has 0 N–H and O–H groups in total. The highest BCUT2D eigenvalue weighted by Crippen LogP contribution is 2.34. The predicted octanol–water partition coefficient (Wildman–Crippen LogP) is 3.61. The van der Waals surface area contributed by atoms with Crippen molar-refractivity contribution < 1.29 is 4.74 Å². The van der Waals surface area contributed by atoms with E-state index >= 15 is 0 Å². The monoisotopic (exact) mass is 248 g/mol. The van der Waals surface area contributed by atoms with Gasteiger partial charge in [0.15, 0.2) is 0 Å². The van der Waals surface area contributed by atoms with Crippen molar-refractivity contribution in [2.45, 2.75) is 45.1 Å². The van der Waals surface area contributed by atoms with Crippen LogP contribution in [0.3, 0.4) is 0 Å². The minimum Gasteiger partial charge on any atom is -0.382 e. The first-order valence-electron chi connectivity index (χ1n) is 5.36. The molecule has 1 fully saturated rings. The van der Waals surface area contributed by atoms with E-state index in [1.165, 1.54) is 32.1 Å². The third-order valence-electron chi connectivity index (χ3n) is 3.30. The van der Waals surface area contributed by atoms with Gasteiger partial charge < -0.3 is 4.74 Å². The normalized spacial score (nSPS) is 23.3. The number of halogens is 1. The van der Waals surface area contributed by atoms with Gasteiger partial charge in [0.05, 0.1) is 6.10 Å². The van der Waals surface area contributed by atoms with Gasteiger partial charge in [-0.1, -0.05) is 41.6 Å². The topological polar surface area (TPSA) is 9.23 Å². The van der Waals surface area contributed by atoms with Gasteiger partial charge in [-0.3, -0.25) is 0 Å². The second kappa shape index (κ2) is 6.02. The molecule has 0 heterocycles. The average Bonchev–Trinajstić information content (AvgIpc) is 2.66. The Labute approximate surface area is 90.4 Å². The molecule has 1 aliphatic rings. The molecule has 1 rings (SSSR count). The van der Waals surface area contributed by atoms with Crippen LogP contribution in [0.15, 0.2) is 0 Å². The Morgan fingerprint density at radius 1 is 1.38 bits per heavy atom. The van der Waals surface area contributed by atoms with Gasteiger partial charge in [0.1, 0.15) is 0 Å². The van der Waals surface area contributed by atoms with Crippen molar-refractivity contribution in [2.24, 2.45) is 11.8 Å². The number of rotatable bonds is 5. The summed E-state index contributed by atoms with van der Waals surface area (Å²) in [5.74, 6) is 1.79. The van der Waals surface area contributed by atoms with Gasteiger partial charge in [0.2, 0.25) is 0 Å². The van der Waals surface area contributed by atoms with Crippen molar-refractivity contribution >= 4 is 15.9 Å². The summed E-state index contributed by atoms with van der Waals surface area (Å²) in [5.41, 5.74) is 0. The summed E-state index contributed by atoms with van der Waals surface area (Å²) in [7, 11) is 1.81. The number of hydrogen-bond donors (Lipinski definition) is 0. The molecule has 0 spiro atoms. The minimum atomic E-state index is 0.420. The van der Waals surface area contributed by atoms with Gasteiger partial charge in [-0.25, -0.2) is 0 Å². The van der Waals surface area contributed by atoms with E-state index < -0.39 is 0 Å². The highest BCUT2D eigenvalue weighted by molar-refractivity contribution is 9.09. The van der Waals surface area contributed by atoms with E-state index in [2.05, 4.69) is 22.9 Å². The molecular weight excluding hydrogens is 228 g/mol. The van der Waals surface area contributed by atoms with Crippen LogP contribution in [0.4, 0.5) is 0 Å². The Kier molecular flexibility index (Phi) is 5.34. The third kappa shape index (κ3) is 3.59. The Hall–Kier alpha value is 0.440. The Morgan fingerprint density at radius 2 is 2.00 bits per heavy atom. The van der Waals surface area contributed by atoms with Crippen molar-refractivity contribution in [1.82, 2.24) is 0 Å². The first-order chi connectivity index (χ1) is 6.27. The van der Waals surface area contributed by atoms with Crippen LogP contribution in [0.5, 0.6) is 0 Å². The molecule has 0 radical (unpaired) electrons. The standard InChI is InChI=1S/C11H21BrO/c1-9(13-2)7-11(8-12)10-5-3-4-6-10/h9-11H,3-8H2,1-2H3. The highest BCUT2D eigenvalue weighted by Gasteiger charge is 2.25. The number of methoxy groups -OCH3 is 1. The van der Waals surface area contributed by atoms with Crippen LogP contribution in [-0.4, -0.2) is 18.5 Å². The molecule has 0 amide bonds. The zero-order valence-corrected chi connectivity index (χ0v) is 10.3. The maximum atomic E-state index is 5.32. The van der Waals surface area contributed by atoms with E-state index in [1.807, 2.05) is 7.11 Å². The van der Waals surface area contributed by atoms with Gasteiger partial charge in [-0.05, 0) is 25.2 Å². The van der Waals surface area contributed by atoms with Gasteiger partial charge in [0, 0.05) is 12.4 Å². The molecule has 0 saturated heterocycles. The second-order valence-electron chi connectivity index (χ2n) is 4.24. The molecule has 0 bridgehead atoms. The summed E-state index contributed by atoms with van der Waals surface area (Å²) in [6, 6.07) is 0. The Bertz CT molecular complexity index is 132. The number of ether oxygens (including phenoxy) is 1. The molecule has 2 heteroatoms. The lowest BCUT2D eigenvalue weighted by Crippen LogP contribution is -2.20. The van der Waals surface area contributed by atoms with E-state index in [4.69, 9.17) is 4.74 Å². The van der Waals surface area contributed by atoms with Crippen LogP contribution in [0.25, 0.3) is 0 Å². The van der Waals surface area contributed by atoms with Crippen LogP contribution in [0.2, 0.25) is 0 Å². The quantitative estimate of drug-likeness (QED) is 0.676. The molecule has 0 aromatic heterocycles. The van der Waals surface area contributed by atoms with Crippen molar-refractivity contribution in [1.29, 1.82) is 0 Å². The van der Waals surface area contributed by atoms with E-state index in [9.17, 15) is 0 Å². The van der Waals surface area contributed by atoms with Crippen molar-refractivity contribution in [3.63, 3.8) is 0 Å². The van der Waals surface area contributed by atoms with Crippen LogP contribution in [0, 0.1) is 11.8 Å². The van der Waals surface area contributed by atoms with E-state index in [1.54, 1.807) is 0 Å². The summed E-state index contributed by atoms with van der Waals surface area (Å²) in [6.45, 7) is 2.17. The summed E-state index contributed by atoms with van der Waals surface area (Å²) in [6.07, 6.45) is 7.39. The molecule has 1 saturated carbocycles. The van der Waals surface area contributed by atoms with Gasteiger partial charge >= 0.3 is 0 Å². The number of hydrogen-bond acceptors (Lipinski definition) is 1. The first-order valence-corrected chi connectivity index (χ1v) is 6.48. The van der Waals surface area contributed by atoms with E-state index in [-0.39, 0.29) is 0 Å². The first kappa shape index (κ1) is 11.5. The molecule has 0 aromatic rings. The fourth-order valence-electron chi connectivity index (χ4n) is 2.33. The molecule has 1 aliphatic carbocycles.